The van der Waals surface area contributed by atoms with E-state index in [9.17, 15) is 4.79 Å². The number of hydrogen-bond acceptors (Lipinski definition) is 5. The second kappa shape index (κ2) is 8.47. The molecule has 32 heavy (non-hydrogen) atoms. The zero-order chi connectivity index (χ0) is 22.2. The van der Waals surface area contributed by atoms with Crippen molar-refractivity contribution >= 4 is 11.7 Å². The Hall–Kier alpha value is -3.06. The second-order valence-electron chi connectivity index (χ2n) is 9.09. The van der Waals surface area contributed by atoms with Gasteiger partial charge in [0.15, 0.2) is 0 Å². The van der Waals surface area contributed by atoms with Gasteiger partial charge in [0, 0.05) is 43.0 Å². The average Bonchev–Trinajstić information content (AvgIpc) is 3.40. The van der Waals surface area contributed by atoms with E-state index in [-0.39, 0.29) is 11.9 Å². The first-order chi connectivity index (χ1) is 15.5. The van der Waals surface area contributed by atoms with Crippen LogP contribution < -0.4 is 4.90 Å². The fraction of sp³-hybridized carbons (Fsp3) is 0.440. The zero-order valence-corrected chi connectivity index (χ0v) is 19.1. The summed E-state index contributed by atoms with van der Waals surface area (Å²) in [6.45, 7) is 6.54. The normalized spacial score (nSPS) is 18.9. The van der Waals surface area contributed by atoms with Crippen LogP contribution in [0.4, 0.5) is 5.82 Å². The van der Waals surface area contributed by atoms with E-state index in [4.69, 9.17) is 9.97 Å². The summed E-state index contributed by atoms with van der Waals surface area (Å²) >= 11 is 0. The molecule has 4 heterocycles. The predicted octanol–water partition coefficient (Wildman–Crippen LogP) is 3.64. The number of benzene rings is 1. The molecule has 0 saturated carbocycles. The van der Waals surface area contributed by atoms with E-state index in [1.54, 1.807) is 0 Å². The minimum absolute atomic E-state index is 0.140. The van der Waals surface area contributed by atoms with Gasteiger partial charge in [0.25, 0.3) is 0 Å². The largest absolute Gasteiger partial charge is 0.292 e. The lowest BCUT2D eigenvalue weighted by atomic mass is 10.0. The molecule has 1 saturated heterocycles. The molecule has 1 aromatic carbocycles. The van der Waals surface area contributed by atoms with Gasteiger partial charge in [-0.1, -0.05) is 29.8 Å². The van der Waals surface area contributed by atoms with Crippen molar-refractivity contribution in [2.75, 3.05) is 11.4 Å². The molecule has 166 valence electrons. The van der Waals surface area contributed by atoms with Crippen LogP contribution in [0.5, 0.6) is 0 Å². The van der Waals surface area contributed by atoms with Crippen molar-refractivity contribution in [3.63, 3.8) is 0 Å². The van der Waals surface area contributed by atoms with Crippen molar-refractivity contribution in [3.05, 3.63) is 70.4 Å². The first-order valence-electron chi connectivity index (χ1n) is 11.4. The van der Waals surface area contributed by atoms with Crippen LogP contribution in [0.1, 0.15) is 59.1 Å². The van der Waals surface area contributed by atoms with Gasteiger partial charge in [-0.05, 0) is 45.2 Å². The van der Waals surface area contributed by atoms with E-state index < -0.39 is 0 Å². The standard InChI is InChI=1S/C25H30N6O/c1-17-6-8-19(9-7-17)16-31-23(32)11-10-21-18(2)27-24(28-25(21)31)22-5-4-12-30(22)15-20-13-26-29(3)14-20/h6-9,13-14,22H,4-5,10-12,15-16H2,1-3H3/t22-/m1/s1. The fourth-order valence-electron chi connectivity index (χ4n) is 4.89. The van der Waals surface area contributed by atoms with Crippen molar-refractivity contribution in [1.29, 1.82) is 0 Å². The van der Waals surface area contributed by atoms with Crippen LogP contribution in [0.15, 0.2) is 36.7 Å². The Morgan fingerprint density at radius 1 is 1.03 bits per heavy atom. The van der Waals surface area contributed by atoms with Crippen molar-refractivity contribution in [2.24, 2.45) is 7.05 Å². The molecular weight excluding hydrogens is 400 g/mol. The van der Waals surface area contributed by atoms with E-state index in [1.807, 2.05) is 22.8 Å². The van der Waals surface area contributed by atoms with E-state index in [2.05, 4.69) is 54.3 Å². The number of aryl methyl sites for hydroxylation is 3. The maximum absolute atomic E-state index is 12.9. The number of hydrogen-bond donors (Lipinski definition) is 0. The molecule has 1 atom stereocenters. The molecular formula is C25H30N6O. The number of nitrogens with zero attached hydrogens (tertiary/aromatic N) is 6. The molecule has 7 nitrogen and oxygen atoms in total. The molecule has 0 aliphatic carbocycles. The summed E-state index contributed by atoms with van der Waals surface area (Å²) in [5.41, 5.74) is 5.64. The van der Waals surface area contributed by atoms with Gasteiger partial charge in [-0.15, -0.1) is 0 Å². The molecule has 3 aromatic rings. The maximum atomic E-state index is 12.9. The number of likely N-dealkylation sites (tertiary alicyclic amines) is 1. The lowest BCUT2D eigenvalue weighted by Gasteiger charge is -2.31. The van der Waals surface area contributed by atoms with Crippen LogP contribution in [0, 0.1) is 13.8 Å². The van der Waals surface area contributed by atoms with Gasteiger partial charge in [0.1, 0.15) is 11.6 Å². The second-order valence-corrected chi connectivity index (χ2v) is 9.09. The fourth-order valence-corrected chi connectivity index (χ4v) is 4.89. The molecule has 0 unspecified atom stereocenters. The quantitative estimate of drug-likeness (QED) is 0.618. The molecule has 0 N–H and O–H groups in total. The van der Waals surface area contributed by atoms with E-state index in [1.165, 1.54) is 11.1 Å². The minimum Gasteiger partial charge on any atom is -0.292 e. The van der Waals surface area contributed by atoms with Gasteiger partial charge in [-0.3, -0.25) is 19.3 Å². The van der Waals surface area contributed by atoms with Gasteiger partial charge in [0.05, 0.1) is 18.8 Å². The molecule has 0 spiro atoms. The van der Waals surface area contributed by atoms with Crippen LogP contribution in [-0.4, -0.2) is 37.1 Å². The van der Waals surface area contributed by atoms with Gasteiger partial charge in [-0.2, -0.15) is 5.10 Å². The molecule has 2 aliphatic heterocycles. The number of amides is 1. The third kappa shape index (κ3) is 4.05. The van der Waals surface area contributed by atoms with Crippen molar-refractivity contribution in [2.45, 2.75) is 58.7 Å². The van der Waals surface area contributed by atoms with E-state index in [0.717, 1.165) is 60.8 Å². The summed E-state index contributed by atoms with van der Waals surface area (Å²) < 4.78 is 1.84. The van der Waals surface area contributed by atoms with Crippen LogP contribution in [0.3, 0.4) is 0 Å². The predicted molar refractivity (Wildman–Crippen MR) is 123 cm³/mol. The third-order valence-corrected chi connectivity index (χ3v) is 6.62. The maximum Gasteiger partial charge on any atom is 0.228 e. The molecule has 7 heteroatoms. The first-order valence-corrected chi connectivity index (χ1v) is 11.4. The van der Waals surface area contributed by atoms with Gasteiger partial charge < -0.3 is 0 Å². The Kier molecular flexibility index (Phi) is 5.51. The summed E-state index contributed by atoms with van der Waals surface area (Å²) in [4.78, 5) is 27.2. The molecule has 0 bridgehead atoms. The number of rotatable bonds is 5. The molecule has 0 radical (unpaired) electrons. The molecule has 2 aliphatic rings. The summed E-state index contributed by atoms with van der Waals surface area (Å²) in [5, 5.41) is 4.31. The Labute approximate surface area is 189 Å². The van der Waals surface area contributed by atoms with E-state index >= 15 is 0 Å². The zero-order valence-electron chi connectivity index (χ0n) is 19.1. The number of fused-ring (bicyclic) bond motifs is 1. The highest BCUT2D eigenvalue weighted by Crippen LogP contribution is 2.35. The highest BCUT2D eigenvalue weighted by Gasteiger charge is 2.33. The van der Waals surface area contributed by atoms with Gasteiger partial charge >= 0.3 is 0 Å². The van der Waals surface area contributed by atoms with Crippen LogP contribution in [0.25, 0.3) is 0 Å². The molecule has 1 amide bonds. The van der Waals surface area contributed by atoms with Gasteiger partial charge in [0.2, 0.25) is 5.91 Å². The van der Waals surface area contributed by atoms with Crippen molar-refractivity contribution in [3.8, 4) is 0 Å². The Morgan fingerprint density at radius 2 is 1.84 bits per heavy atom. The number of anilines is 1. The Bertz CT molecular complexity index is 1140. The van der Waals surface area contributed by atoms with Crippen molar-refractivity contribution in [1.82, 2.24) is 24.6 Å². The summed E-state index contributed by atoms with van der Waals surface area (Å²) in [5.74, 6) is 1.78. The third-order valence-electron chi connectivity index (χ3n) is 6.62. The van der Waals surface area contributed by atoms with Crippen LogP contribution in [0.2, 0.25) is 0 Å². The number of aromatic nitrogens is 4. The Morgan fingerprint density at radius 3 is 2.59 bits per heavy atom. The minimum atomic E-state index is 0.140. The van der Waals surface area contributed by atoms with E-state index in [0.29, 0.717) is 13.0 Å². The number of carbonyl (C=O) groups is 1. The smallest absolute Gasteiger partial charge is 0.228 e. The lowest BCUT2D eigenvalue weighted by molar-refractivity contribution is -0.119. The van der Waals surface area contributed by atoms with Gasteiger partial charge in [-0.25, -0.2) is 9.97 Å². The number of carbonyl (C=O) groups excluding carboxylic acids is 1. The highest BCUT2D eigenvalue weighted by atomic mass is 16.2. The monoisotopic (exact) mass is 430 g/mol. The summed E-state index contributed by atoms with van der Waals surface area (Å²) in [7, 11) is 1.95. The van der Waals surface area contributed by atoms with Crippen LogP contribution >= 0.6 is 0 Å². The van der Waals surface area contributed by atoms with Crippen LogP contribution in [-0.2, 0) is 31.4 Å². The average molecular weight is 431 g/mol. The SMILES string of the molecule is Cc1ccc(CN2C(=O)CCc3c(C)nc([C@H]4CCCN4Cc4cnn(C)c4)nc32)cc1. The van der Waals surface area contributed by atoms with Crippen molar-refractivity contribution < 1.29 is 4.79 Å². The summed E-state index contributed by atoms with van der Waals surface area (Å²) in [6, 6.07) is 8.54. The molecule has 2 aromatic heterocycles. The lowest BCUT2D eigenvalue weighted by Crippen LogP contribution is -2.37. The highest BCUT2D eigenvalue weighted by molar-refractivity contribution is 5.95. The summed E-state index contributed by atoms with van der Waals surface area (Å²) in [6.07, 6.45) is 7.38. The molecule has 1 fully saturated rings. The molecule has 5 rings (SSSR count). The Balaban J connectivity index is 1.46. The topological polar surface area (TPSA) is 67.2 Å². The first kappa shape index (κ1) is 20.8.